The van der Waals surface area contributed by atoms with Crippen molar-refractivity contribution in [1.29, 1.82) is 0 Å². The highest BCUT2D eigenvalue weighted by atomic mass is 19.3. The molecule has 0 spiro atoms. The van der Waals surface area contributed by atoms with Crippen molar-refractivity contribution in [2.24, 2.45) is 5.73 Å². The number of nitrogens with two attached hydrogens (primary N) is 1. The average Bonchev–Trinajstić information content (AvgIpc) is 2.37. The molecule has 2 rings (SSSR count). The Morgan fingerprint density at radius 2 is 1.52 bits per heavy atom. The zero-order valence-corrected chi connectivity index (χ0v) is 10.9. The van der Waals surface area contributed by atoms with Crippen LogP contribution in [0.25, 0.3) is 0 Å². The van der Waals surface area contributed by atoms with E-state index >= 15 is 0 Å². The van der Waals surface area contributed by atoms with Gasteiger partial charge in [0.2, 0.25) is 0 Å². The van der Waals surface area contributed by atoms with Crippen LogP contribution in [-0.2, 0) is 6.42 Å². The van der Waals surface area contributed by atoms with Gasteiger partial charge in [0.05, 0.1) is 0 Å². The van der Waals surface area contributed by atoms with E-state index in [1.54, 1.807) is 0 Å². The molecule has 0 bridgehead atoms. The lowest BCUT2D eigenvalue weighted by molar-refractivity contribution is -0.0498. The smallest absolute Gasteiger partial charge is 0.387 e. The number of hydrogen-bond acceptors (Lipinski definition) is 2. The van der Waals surface area contributed by atoms with Crippen LogP contribution in [0.1, 0.15) is 17.2 Å². The summed E-state index contributed by atoms with van der Waals surface area (Å²) in [5.74, 6) is -1.31. The van der Waals surface area contributed by atoms with Gasteiger partial charge in [-0.1, -0.05) is 12.1 Å². The highest BCUT2D eigenvalue weighted by Crippen LogP contribution is 2.21. The second-order valence-corrected chi connectivity index (χ2v) is 4.54. The molecule has 21 heavy (non-hydrogen) atoms. The molecule has 2 aromatic carbocycles. The number of benzene rings is 2. The first-order valence-electron chi connectivity index (χ1n) is 6.19. The predicted molar refractivity (Wildman–Crippen MR) is 70.1 cm³/mol. The van der Waals surface area contributed by atoms with E-state index in [0.29, 0.717) is 11.1 Å². The van der Waals surface area contributed by atoms with Crippen LogP contribution in [0, 0.1) is 11.6 Å². The summed E-state index contributed by atoms with van der Waals surface area (Å²) in [5.41, 5.74) is 7.02. The van der Waals surface area contributed by atoms with Crippen molar-refractivity contribution >= 4 is 0 Å². The minimum Gasteiger partial charge on any atom is -0.435 e. The number of alkyl halides is 2. The van der Waals surface area contributed by atoms with Crippen molar-refractivity contribution in [3.05, 3.63) is 65.2 Å². The molecule has 0 saturated heterocycles. The molecule has 0 heterocycles. The van der Waals surface area contributed by atoms with Crippen molar-refractivity contribution in [2.45, 2.75) is 19.1 Å². The number of rotatable bonds is 5. The van der Waals surface area contributed by atoms with E-state index in [1.807, 2.05) is 0 Å². The van der Waals surface area contributed by atoms with Crippen LogP contribution in [0.2, 0.25) is 0 Å². The summed E-state index contributed by atoms with van der Waals surface area (Å²) in [4.78, 5) is 0. The van der Waals surface area contributed by atoms with Crippen LogP contribution >= 0.6 is 0 Å². The largest absolute Gasteiger partial charge is 0.435 e. The first-order valence-corrected chi connectivity index (χ1v) is 6.19. The van der Waals surface area contributed by atoms with E-state index in [4.69, 9.17) is 5.73 Å². The molecule has 0 amide bonds. The fourth-order valence-corrected chi connectivity index (χ4v) is 2.00. The summed E-state index contributed by atoms with van der Waals surface area (Å²) in [7, 11) is 0. The molecule has 0 aliphatic heterocycles. The molecule has 112 valence electrons. The van der Waals surface area contributed by atoms with Crippen molar-refractivity contribution in [2.75, 3.05) is 0 Å². The molecule has 1 unspecified atom stereocenters. The van der Waals surface area contributed by atoms with Crippen LogP contribution in [0.15, 0.2) is 42.5 Å². The molecule has 2 nitrogen and oxygen atoms in total. The molecule has 0 saturated carbocycles. The SMILES string of the molecule is NC(Cc1cc(F)cc(F)c1)c1ccc(OC(F)F)cc1. The second-order valence-electron chi connectivity index (χ2n) is 4.54. The van der Waals surface area contributed by atoms with Crippen molar-refractivity contribution in [3.63, 3.8) is 0 Å². The maximum absolute atomic E-state index is 13.1. The lowest BCUT2D eigenvalue weighted by Crippen LogP contribution is -2.13. The molecule has 0 aliphatic rings. The van der Waals surface area contributed by atoms with Gasteiger partial charge in [-0.25, -0.2) is 8.78 Å². The average molecular weight is 299 g/mol. The Bertz CT molecular complexity index is 581. The summed E-state index contributed by atoms with van der Waals surface area (Å²) in [6.07, 6.45) is 0.226. The molecule has 0 aliphatic carbocycles. The van der Waals surface area contributed by atoms with Crippen LogP contribution in [-0.4, -0.2) is 6.61 Å². The third kappa shape index (κ3) is 4.46. The van der Waals surface area contributed by atoms with Gasteiger partial charge in [-0.3, -0.25) is 0 Å². The maximum atomic E-state index is 13.1. The standard InChI is InChI=1S/C15H13F4NO/c16-11-5-9(6-12(17)8-11)7-14(20)10-1-3-13(4-2-10)21-15(18)19/h1-6,8,14-15H,7,20H2. The van der Waals surface area contributed by atoms with Gasteiger partial charge in [-0.2, -0.15) is 8.78 Å². The van der Waals surface area contributed by atoms with E-state index in [9.17, 15) is 17.6 Å². The highest BCUT2D eigenvalue weighted by Gasteiger charge is 2.10. The molecular weight excluding hydrogens is 286 g/mol. The third-order valence-corrected chi connectivity index (χ3v) is 2.91. The number of hydrogen-bond donors (Lipinski definition) is 1. The van der Waals surface area contributed by atoms with E-state index in [0.717, 1.165) is 6.07 Å². The Hall–Kier alpha value is -2.08. The van der Waals surface area contributed by atoms with Crippen molar-refractivity contribution in [3.8, 4) is 5.75 Å². The lowest BCUT2D eigenvalue weighted by atomic mass is 9.99. The molecule has 0 aromatic heterocycles. The van der Waals surface area contributed by atoms with Gasteiger partial charge in [0.1, 0.15) is 17.4 Å². The summed E-state index contributed by atoms with van der Waals surface area (Å²) >= 11 is 0. The molecule has 1 atom stereocenters. The minimum atomic E-state index is -2.89. The Balaban J connectivity index is 2.07. The first-order chi connectivity index (χ1) is 9.94. The Morgan fingerprint density at radius 3 is 2.05 bits per heavy atom. The van der Waals surface area contributed by atoms with Crippen LogP contribution < -0.4 is 10.5 Å². The lowest BCUT2D eigenvalue weighted by Gasteiger charge is -2.13. The van der Waals surface area contributed by atoms with Crippen molar-refractivity contribution in [1.82, 2.24) is 0 Å². The number of halogens is 4. The van der Waals surface area contributed by atoms with Gasteiger partial charge in [0.15, 0.2) is 0 Å². The van der Waals surface area contributed by atoms with Gasteiger partial charge < -0.3 is 10.5 Å². The van der Waals surface area contributed by atoms with E-state index in [-0.39, 0.29) is 12.2 Å². The van der Waals surface area contributed by atoms with E-state index in [1.165, 1.54) is 36.4 Å². The second kappa shape index (κ2) is 6.58. The van der Waals surface area contributed by atoms with Gasteiger partial charge in [0, 0.05) is 12.1 Å². The van der Waals surface area contributed by atoms with Gasteiger partial charge in [-0.15, -0.1) is 0 Å². The molecule has 0 radical (unpaired) electrons. The van der Waals surface area contributed by atoms with Crippen LogP contribution in [0.4, 0.5) is 17.6 Å². The van der Waals surface area contributed by atoms with Gasteiger partial charge in [0.25, 0.3) is 0 Å². The zero-order valence-electron chi connectivity index (χ0n) is 10.9. The third-order valence-electron chi connectivity index (χ3n) is 2.91. The Labute approximate surface area is 119 Å². The van der Waals surface area contributed by atoms with Gasteiger partial charge >= 0.3 is 6.61 Å². The first kappa shape index (κ1) is 15.3. The molecular formula is C15H13F4NO. The summed E-state index contributed by atoms with van der Waals surface area (Å²) in [6, 6.07) is 8.50. The van der Waals surface area contributed by atoms with Gasteiger partial charge in [-0.05, 0) is 41.8 Å². The maximum Gasteiger partial charge on any atom is 0.387 e. The quantitative estimate of drug-likeness (QED) is 0.852. The monoisotopic (exact) mass is 299 g/mol. The zero-order chi connectivity index (χ0) is 15.4. The molecule has 0 fully saturated rings. The predicted octanol–water partition coefficient (Wildman–Crippen LogP) is 3.81. The summed E-state index contributed by atoms with van der Waals surface area (Å²) in [5, 5.41) is 0. The fourth-order valence-electron chi connectivity index (χ4n) is 2.00. The normalized spacial score (nSPS) is 12.5. The van der Waals surface area contributed by atoms with E-state index < -0.39 is 24.3 Å². The highest BCUT2D eigenvalue weighted by molar-refractivity contribution is 5.30. The van der Waals surface area contributed by atoms with Crippen LogP contribution in [0.5, 0.6) is 5.75 Å². The van der Waals surface area contributed by atoms with Crippen LogP contribution in [0.3, 0.4) is 0 Å². The fraction of sp³-hybridized carbons (Fsp3) is 0.200. The molecule has 2 N–H and O–H groups in total. The summed E-state index contributed by atoms with van der Waals surface area (Å²) in [6.45, 7) is -2.89. The summed E-state index contributed by atoms with van der Waals surface area (Å²) < 4.78 is 54.4. The number of ether oxygens (including phenoxy) is 1. The molecule has 6 heteroatoms. The Morgan fingerprint density at radius 1 is 0.952 bits per heavy atom. The minimum absolute atomic E-state index is 0.0257. The van der Waals surface area contributed by atoms with E-state index in [2.05, 4.69) is 4.74 Å². The Kier molecular flexibility index (Phi) is 4.80. The van der Waals surface area contributed by atoms with Crippen molar-refractivity contribution < 1.29 is 22.3 Å². The topological polar surface area (TPSA) is 35.2 Å². The molecule has 2 aromatic rings.